The van der Waals surface area contributed by atoms with Crippen molar-refractivity contribution in [3.63, 3.8) is 0 Å². The number of hydrogen-bond acceptors (Lipinski definition) is 5. The average molecular weight is 379 g/mol. The van der Waals surface area contributed by atoms with Gasteiger partial charge in [0, 0.05) is 50.1 Å². The molecule has 0 radical (unpaired) electrons. The zero-order valence-electron chi connectivity index (χ0n) is 16.3. The lowest BCUT2D eigenvalue weighted by atomic mass is 10.1. The largest absolute Gasteiger partial charge is 0.470 e. The van der Waals surface area contributed by atoms with Crippen LogP contribution in [-0.2, 0) is 11.2 Å². The Kier molecular flexibility index (Phi) is 5.14. The van der Waals surface area contributed by atoms with Crippen molar-refractivity contribution >= 4 is 22.6 Å². The van der Waals surface area contributed by atoms with Gasteiger partial charge in [-0.1, -0.05) is 18.2 Å². The summed E-state index contributed by atoms with van der Waals surface area (Å²) in [5.74, 6) is 1.35. The summed E-state index contributed by atoms with van der Waals surface area (Å²) in [6, 6.07) is 8.06. The zero-order valence-corrected chi connectivity index (χ0v) is 16.3. The molecule has 0 saturated carbocycles. The molecule has 1 aliphatic heterocycles. The molecule has 7 heteroatoms. The van der Waals surface area contributed by atoms with Crippen molar-refractivity contribution in [3.05, 3.63) is 48.4 Å². The van der Waals surface area contributed by atoms with Crippen molar-refractivity contribution in [3.8, 4) is 5.88 Å². The number of H-pyrrole nitrogens is 1. The average Bonchev–Trinajstić information content (AvgIpc) is 3.11. The Hall–Kier alpha value is -3.09. The van der Waals surface area contributed by atoms with Gasteiger partial charge in [0.2, 0.25) is 5.91 Å². The molecule has 0 bridgehead atoms. The van der Waals surface area contributed by atoms with Crippen molar-refractivity contribution in [1.29, 1.82) is 0 Å². The summed E-state index contributed by atoms with van der Waals surface area (Å²) < 4.78 is 6.12. The fourth-order valence-electron chi connectivity index (χ4n) is 3.68. The third-order valence-electron chi connectivity index (χ3n) is 5.10. The minimum absolute atomic E-state index is 0.0731. The lowest BCUT2D eigenvalue weighted by Gasteiger charge is -2.33. The van der Waals surface area contributed by atoms with Gasteiger partial charge in [-0.2, -0.15) is 0 Å². The van der Waals surface area contributed by atoms with Gasteiger partial charge in [-0.05, 0) is 24.5 Å². The standard InChI is InChI=1S/C21H25N5O2/c1-25(2)20-21(23-10-9-22-20)28-16-6-5-11-26(14-16)19(27)12-15-13-24-18-8-4-3-7-17(15)18/h3-4,7-10,13,16,24H,5-6,11-12,14H2,1-2H3. The molecule has 1 N–H and O–H groups in total. The van der Waals surface area contributed by atoms with E-state index in [0.29, 0.717) is 24.7 Å². The molecule has 1 atom stereocenters. The van der Waals surface area contributed by atoms with E-state index in [9.17, 15) is 4.79 Å². The normalized spacial score (nSPS) is 16.9. The number of piperidine rings is 1. The van der Waals surface area contributed by atoms with E-state index in [0.717, 1.165) is 35.9 Å². The molecular weight excluding hydrogens is 354 g/mol. The minimum Gasteiger partial charge on any atom is -0.470 e. The molecule has 1 amide bonds. The summed E-state index contributed by atoms with van der Waals surface area (Å²) in [6.07, 6.45) is 7.36. The number of carbonyl (C=O) groups excluding carboxylic acids is 1. The molecule has 7 nitrogen and oxygen atoms in total. The number of para-hydroxylation sites is 1. The number of ether oxygens (including phenoxy) is 1. The van der Waals surface area contributed by atoms with Gasteiger partial charge in [-0.15, -0.1) is 0 Å². The van der Waals surface area contributed by atoms with Crippen molar-refractivity contribution in [2.24, 2.45) is 0 Å². The van der Waals surface area contributed by atoms with Crippen molar-refractivity contribution in [2.45, 2.75) is 25.4 Å². The fraction of sp³-hybridized carbons (Fsp3) is 0.381. The number of fused-ring (bicyclic) bond motifs is 1. The molecule has 28 heavy (non-hydrogen) atoms. The highest BCUT2D eigenvalue weighted by Gasteiger charge is 2.26. The SMILES string of the molecule is CN(C)c1nccnc1OC1CCCN(C(=O)Cc2c[nH]c3ccccc23)C1. The number of rotatable bonds is 5. The molecule has 1 aliphatic rings. The van der Waals surface area contributed by atoms with Crippen LogP contribution in [0.4, 0.5) is 5.82 Å². The van der Waals surface area contributed by atoms with Gasteiger partial charge in [-0.3, -0.25) is 4.79 Å². The van der Waals surface area contributed by atoms with E-state index in [1.54, 1.807) is 12.4 Å². The summed E-state index contributed by atoms with van der Waals surface area (Å²) in [4.78, 5) is 28.6. The second-order valence-electron chi connectivity index (χ2n) is 7.34. The van der Waals surface area contributed by atoms with Gasteiger partial charge in [-0.25, -0.2) is 9.97 Å². The Balaban J connectivity index is 1.43. The second-order valence-corrected chi connectivity index (χ2v) is 7.34. The number of carbonyl (C=O) groups is 1. The van der Waals surface area contributed by atoms with Crippen LogP contribution >= 0.6 is 0 Å². The zero-order chi connectivity index (χ0) is 19.5. The molecule has 1 aromatic carbocycles. The molecule has 0 spiro atoms. The second kappa shape index (κ2) is 7.88. The van der Waals surface area contributed by atoms with Crippen LogP contribution in [0.5, 0.6) is 5.88 Å². The third kappa shape index (κ3) is 3.78. The Bertz CT molecular complexity index is 968. The Morgan fingerprint density at radius 3 is 2.96 bits per heavy atom. The number of nitrogens with zero attached hydrogens (tertiary/aromatic N) is 4. The molecular formula is C21H25N5O2. The number of nitrogens with one attached hydrogen (secondary N) is 1. The maximum Gasteiger partial charge on any atom is 0.257 e. The molecule has 1 unspecified atom stereocenters. The van der Waals surface area contributed by atoms with E-state index in [4.69, 9.17) is 4.74 Å². The van der Waals surface area contributed by atoms with Gasteiger partial charge in [0.05, 0.1) is 13.0 Å². The van der Waals surface area contributed by atoms with Crippen molar-refractivity contribution in [1.82, 2.24) is 19.9 Å². The minimum atomic E-state index is -0.0731. The van der Waals surface area contributed by atoms with E-state index >= 15 is 0 Å². The van der Waals surface area contributed by atoms with E-state index in [2.05, 4.69) is 15.0 Å². The number of likely N-dealkylation sites (tertiary alicyclic amines) is 1. The van der Waals surface area contributed by atoms with E-state index < -0.39 is 0 Å². The molecule has 2 aromatic heterocycles. The van der Waals surface area contributed by atoms with Crippen LogP contribution in [0.25, 0.3) is 10.9 Å². The number of benzene rings is 1. The molecule has 3 aromatic rings. The molecule has 3 heterocycles. The van der Waals surface area contributed by atoms with E-state index in [1.807, 2.05) is 54.4 Å². The predicted molar refractivity (Wildman–Crippen MR) is 109 cm³/mol. The van der Waals surface area contributed by atoms with Crippen LogP contribution in [0.3, 0.4) is 0 Å². The van der Waals surface area contributed by atoms with Gasteiger partial charge < -0.3 is 19.5 Å². The van der Waals surface area contributed by atoms with Crippen LogP contribution in [0, 0.1) is 0 Å². The highest BCUT2D eigenvalue weighted by Crippen LogP contribution is 2.25. The highest BCUT2D eigenvalue weighted by atomic mass is 16.5. The van der Waals surface area contributed by atoms with Gasteiger partial charge in [0.25, 0.3) is 5.88 Å². The molecule has 0 aliphatic carbocycles. The molecule has 146 valence electrons. The fourth-order valence-corrected chi connectivity index (χ4v) is 3.68. The van der Waals surface area contributed by atoms with Gasteiger partial charge >= 0.3 is 0 Å². The third-order valence-corrected chi connectivity index (χ3v) is 5.10. The Morgan fingerprint density at radius 2 is 2.11 bits per heavy atom. The number of hydrogen-bond donors (Lipinski definition) is 1. The number of aromatic nitrogens is 3. The molecule has 4 rings (SSSR count). The molecule has 1 saturated heterocycles. The summed E-state index contributed by atoms with van der Waals surface area (Å²) in [5, 5.41) is 1.11. The van der Waals surface area contributed by atoms with E-state index in [1.165, 1.54) is 0 Å². The van der Waals surface area contributed by atoms with Gasteiger partial charge in [0.15, 0.2) is 5.82 Å². The number of aromatic amines is 1. The lowest BCUT2D eigenvalue weighted by molar-refractivity contribution is -0.133. The highest BCUT2D eigenvalue weighted by molar-refractivity contribution is 5.88. The van der Waals surface area contributed by atoms with Crippen LogP contribution in [-0.4, -0.2) is 59.0 Å². The quantitative estimate of drug-likeness (QED) is 0.738. The lowest BCUT2D eigenvalue weighted by Crippen LogP contribution is -2.45. The van der Waals surface area contributed by atoms with Crippen LogP contribution in [0.2, 0.25) is 0 Å². The molecule has 1 fully saturated rings. The maximum absolute atomic E-state index is 12.9. The van der Waals surface area contributed by atoms with Gasteiger partial charge in [0.1, 0.15) is 6.10 Å². The first-order valence-electron chi connectivity index (χ1n) is 9.59. The number of anilines is 1. The Morgan fingerprint density at radius 1 is 1.29 bits per heavy atom. The summed E-state index contributed by atoms with van der Waals surface area (Å²) in [6.45, 7) is 1.34. The Labute approximate surface area is 164 Å². The topological polar surface area (TPSA) is 74.3 Å². The maximum atomic E-state index is 12.9. The first-order chi connectivity index (χ1) is 13.6. The summed E-state index contributed by atoms with van der Waals surface area (Å²) >= 11 is 0. The van der Waals surface area contributed by atoms with Crippen LogP contribution < -0.4 is 9.64 Å². The smallest absolute Gasteiger partial charge is 0.257 e. The summed E-state index contributed by atoms with van der Waals surface area (Å²) in [7, 11) is 3.82. The predicted octanol–water partition coefficient (Wildman–Crippen LogP) is 2.64. The number of amides is 1. The van der Waals surface area contributed by atoms with Crippen molar-refractivity contribution < 1.29 is 9.53 Å². The van der Waals surface area contributed by atoms with E-state index in [-0.39, 0.29) is 12.0 Å². The summed E-state index contributed by atoms with van der Waals surface area (Å²) in [5.41, 5.74) is 2.09. The first-order valence-corrected chi connectivity index (χ1v) is 9.59. The van der Waals surface area contributed by atoms with Crippen LogP contribution in [0.15, 0.2) is 42.9 Å². The first kappa shape index (κ1) is 18.3. The monoisotopic (exact) mass is 379 g/mol. The van der Waals surface area contributed by atoms with Crippen LogP contribution in [0.1, 0.15) is 18.4 Å². The van der Waals surface area contributed by atoms with Crippen molar-refractivity contribution in [2.75, 3.05) is 32.1 Å².